The van der Waals surface area contributed by atoms with Gasteiger partial charge in [-0.1, -0.05) is 11.6 Å². The third-order valence-electron chi connectivity index (χ3n) is 9.01. The Hall–Kier alpha value is -5.31. The van der Waals surface area contributed by atoms with Gasteiger partial charge in [0.15, 0.2) is 11.5 Å². The number of aromatic nitrogens is 6. The molecule has 1 aliphatic carbocycles. The van der Waals surface area contributed by atoms with Crippen LogP contribution in [0.3, 0.4) is 0 Å². The van der Waals surface area contributed by atoms with E-state index in [1.807, 2.05) is 0 Å². The Morgan fingerprint density at radius 3 is 2.52 bits per heavy atom. The van der Waals surface area contributed by atoms with Crippen molar-refractivity contribution < 1.29 is 27.9 Å². The Morgan fingerprint density at radius 1 is 1.06 bits per heavy atom. The molecule has 1 saturated heterocycles. The largest absolute Gasteiger partial charge is 0.505 e. The molecule has 7 rings (SSSR count). The van der Waals surface area contributed by atoms with Crippen LogP contribution in [0.5, 0.6) is 5.75 Å². The first kappa shape index (κ1) is 31.3. The molecule has 0 bridgehead atoms. The minimum Gasteiger partial charge on any atom is -0.505 e. The quantitative estimate of drug-likeness (QED) is 0.277. The predicted octanol–water partition coefficient (Wildman–Crippen LogP) is 4.48. The highest BCUT2D eigenvalue weighted by molar-refractivity contribution is 6.33. The molecule has 0 atom stereocenters. The zero-order valence-corrected chi connectivity index (χ0v) is 25.8. The average Bonchev–Trinajstić information content (AvgIpc) is 3.68. The van der Waals surface area contributed by atoms with Crippen LogP contribution in [0, 0.1) is 0 Å². The molecule has 16 heteroatoms. The van der Waals surface area contributed by atoms with Crippen molar-refractivity contribution in [2.75, 3.05) is 18.4 Å². The number of amides is 2. The van der Waals surface area contributed by atoms with Crippen molar-refractivity contribution >= 4 is 34.9 Å². The van der Waals surface area contributed by atoms with E-state index in [1.165, 1.54) is 18.3 Å². The smallest absolute Gasteiger partial charge is 0.416 e. The summed E-state index contributed by atoms with van der Waals surface area (Å²) in [5.41, 5.74) is -0.399. The normalized spacial score (nSPS) is 15.5. The summed E-state index contributed by atoms with van der Waals surface area (Å²) in [6.45, 7) is 0.266. The molecule has 0 saturated carbocycles. The SMILES string of the molecule is O=C(Cn1c2c(c(=O)n3nc(-c4cccnc4)nc13)C1(CC2)CCN(C(=O)c2ncccc2O)CC1)Nc1ccc(C(F)(F)F)cc1Cl. The molecular formula is C32H26ClF3N8O4. The molecule has 12 nitrogen and oxygen atoms in total. The van der Waals surface area contributed by atoms with Crippen LogP contribution < -0.4 is 10.9 Å². The number of likely N-dealkylation sites (tertiary alicyclic amines) is 1. The van der Waals surface area contributed by atoms with Gasteiger partial charge in [-0.05, 0) is 68.1 Å². The highest BCUT2D eigenvalue weighted by Gasteiger charge is 2.46. The molecule has 246 valence electrons. The maximum absolute atomic E-state index is 14.2. The average molecular weight is 679 g/mol. The number of hydrogen-bond acceptors (Lipinski definition) is 8. The number of nitrogens with one attached hydrogen (secondary N) is 1. The first-order valence-corrected chi connectivity index (χ1v) is 15.4. The van der Waals surface area contributed by atoms with E-state index < -0.39 is 29.0 Å². The van der Waals surface area contributed by atoms with Crippen LogP contribution in [0.25, 0.3) is 17.2 Å². The van der Waals surface area contributed by atoms with Gasteiger partial charge in [-0.3, -0.25) is 19.4 Å². The van der Waals surface area contributed by atoms with E-state index in [0.717, 1.165) is 22.7 Å². The number of hydrogen-bond donors (Lipinski definition) is 2. The van der Waals surface area contributed by atoms with Crippen LogP contribution >= 0.6 is 11.6 Å². The lowest BCUT2D eigenvalue weighted by Crippen LogP contribution is -2.46. The van der Waals surface area contributed by atoms with Gasteiger partial charge in [0.25, 0.3) is 11.5 Å². The van der Waals surface area contributed by atoms with Crippen molar-refractivity contribution in [3.05, 3.63) is 98.9 Å². The Labute approximate surface area is 274 Å². The molecule has 1 spiro atoms. The molecule has 4 aromatic heterocycles. The molecule has 0 unspecified atom stereocenters. The third-order valence-corrected chi connectivity index (χ3v) is 9.32. The van der Waals surface area contributed by atoms with Crippen molar-refractivity contribution in [2.24, 2.45) is 0 Å². The summed E-state index contributed by atoms with van der Waals surface area (Å²) in [5, 5.41) is 17.0. The molecule has 2 N–H and O–H groups in total. The molecule has 2 aliphatic rings. The number of carbonyl (C=O) groups excluding carboxylic acids is 2. The molecular weight excluding hydrogens is 653 g/mol. The van der Waals surface area contributed by atoms with Crippen LogP contribution in [0.15, 0.2) is 65.8 Å². The Morgan fingerprint density at radius 2 is 1.83 bits per heavy atom. The Balaban J connectivity index is 1.25. The van der Waals surface area contributed by atoms with Gasteiger partial charge in [0.05, 0.1) is 16.3 Å². The minimum absolute atomic E-state index is 0.00616. The number of aromatic hydroxyl groups is 1. The lowest BCUT2D eigenvalue weighted by atomic mass is 9.74. The minimum atomic E-state index is -4.60. The van der Waals surface area contributed by atoms with Gasteiger partial charge in [0, 0.05) is 53.9 Å². The predicted molar refractivity (Wildman–Crippen MR) is 167 cm³/mol. The van der Waals surface area contributed by atoms with Crippen LogP contribution in [0.1, 0.15) is 46.6 Å². The van der Waals surface area contributed by atoms with Crippen molar-refractivity contribution in [1.82, 2.24) is 34.0 Å². The van der Waals surface area contributed by atoms with E-state index >= 15 is 0 Å². The molecule has 2 amide bonds. The Bertz CT molecular complexity index is 2140. The standard InChI is InChI=1S/C32H26ClF3N8O4/c33-20-15-19(32(34,35)36)5-6-21(20)39-24(46)17-43-22-7-8-31(9-13-42(14-10-31)29(48)26-23(45)4-2-12-38-26)25(22)28(47)44-30(43)40-27(41-44)18-3-1-11-37-16-18/h1-6,11-12,15-16,45H,7-10,13-14,17H2,(H,39,46). The molecule has 0 radical (unpaired) electrons. The molecule has 1 aliphatic heterocycles. The fourth-order valence-electron chi connectivity index (χ4n) is 6.63. The number of nitrogens with zero attached hydrogens (tertiary/aromatic N) is 7. The van der Waals surface area contributed by atoms with E-state index in [4.69, 9.17) is 11.6 Å². The van der Waals surface area contributed by atoms with Crippen LogP contribution in [-0.2, 0) is 29.4 Å². The van der Waals surface area contributed by atoms with E-state index in [1.54, 1.807) is 34.0 Å². The van der Waals surface area contributed by atoms with Crippen molar-refractivity contribution in [1.29, 1.82) is 0 Å². The maximum atomic E-state index is 14.2. The highest BCUT2D eigenvalue weighted by atomic mass is 35.5. The van der Waals surface area contributed by atoms with Crippen molar-refractivity contribution in [3.63, 3.8) is 0 Å². The zero-order chi connectivity index (χ0) is 33.8. The van der Waals surface area contributed by atoms with E-state index in [9.17, 15) is 32.7 Å². The summed E-state index contributed by atoms with van der Waals surface area (Å²) >= 11 is 6.10. The van der Waals surface area contributed by atoms with Crippen LogP contribution in [0.2, 0.25) is 5.02 Å². The van der Waals surface area contributed by atoms with Gasteiger partial charge in [0.1, 0.15) is 12.3 Å². The number of piperidine rings is 1. The Kier molecular flexibility index (Phi) is 7.65. The summed E-state index contributed by atoms with van der Waals surface area (Å²) in [4.78, 5) is 55.2. The van der Waals surface area contributed by atoms with Gasteiger partial charge >= 0.3 is 6.18 Å². The van der Waals surface area contributed by atoms with Gasteiger partial charge in [-0.15, -0.1) is 5.10 Å². The highest BCUT2D eigenvalue weighted by Crippen LogP contribution is 2.45. The second-order valence-electron chi connectivity index (χ2n) is 11.8. The van der Waals surface area contributed by atoms with Gasteiger partial charge < -0.3 is 19.9 Å². The second-order valence-corrected chi connectivity index (χ2v) is 12.2. The van der Waals surface area contributed by atoms with Crippen LogP contribution in [0.4, 0.5) is 18.9 Å². The first-order valence-electron chi connectivity index (χ1n) is 15.0. The van der Waals surface area contributed by atoms with Crippen molar-refractivity contribution in [3.8, 4) is 17.1 Å². The number of anilines is 1. The van der Waals surface area contributed by atoms with Crippen LogP contribution in [-0.4, -0.2) is 64.0 Å². The number of carbonyl (C=O) groups is 2. The van der Waals surface area contributed by atoms with Crippen molar-refractivity contribution in [2.45, 2.75) is 43.8 Å². The zero-order valence-electron chi connectivity index (χ0n) is 25.0. The fourth-order valence-corrected chi connectivity index (χ4v) is 6.86. The number of alkyl halides is 3. The van der Waals surface area contributed by atoms with E-state index in [2.05, 4.69) is 25.4 Å². The number of fused-ring (bicyclic) bond motifs is 3. The van der Waals surface area contributed by atoms with Gasteiger partial charge in [-0.25, -0.2) is 4.98 Å². The molecule has 5 aromatic rings. The maximum Gasteiger partial charge on any atom is 0.416 e. The summed E-state index contributed by atoms with van der Waals surface area (Å²) in [6, 6.07) is 9.00. The monoisotopic (exact) mass is 678 g/mol. The summed E-state index contributed by atoms with van der Waals surface area (Å²) in [5.74, 6) is -0.905. The van der Waals surface area contributed by atoms with E-state index in [-0.39, 0.29) is 45.9 Å². The fraction of sp³-hybridized carbons (Fsp3) is 0.281. The molecule has 1 aromatic carbocycles. The topological polar surface area (TPSA) is 148 Å². The lowest BCUT2D eigenvalue weighted by Gasteiger charge is -2.39. The number of halogens is 4. The number of benzene rings is 1. The lowest BCUT2D eigenvalue weighted by molar-refractivity contribution is -0.137. The van der Waals surface area contributed by atoms with Gasteiger partial charge in [0.2, 0.25) is 11.7 Å². The summed E-state index contributed by atoms with van der Waals surface area (Å²) < 4.78 is 42.3. The summed E-state index contributed by atoms with van der Waals surface area (Å²) in [7, 11) is 0. The molecule has 5 heterocycles. The second kappa shape index (κ2) is 11.7. The number of pyridine rings is 2. The molecule has 48 heavy (non-hydrogen) atoms. The third kappa shape index (κ3) is 5.43. The summed E-state index contributed by atoms with van der Waals surface area (Å²) in [6.07, 6.45) is 1.84. The van der Waals surface area contributed by atoms with E-state index in [0.29, 0.717) is 55.6 Å². The van der Waals surface area contributed by atoms with Gasteiger partial charge in [-0.2, -0.15) is 22.7 Å². The number of rotatable bonds is 5. The molecule has 1 fully saturated rings. The first-order chi connectivity index (χ1) is 22.9.